The third kappa shape index (κ3) is 3.48. The van der Waals surface area contributed by atoms with Gasteiger partial charge in [0.1, 0.15) is 0 Å². The fraction of sp³-hybridized carbons (Fsp3) is 0.562. The number of amides is 1. The van der Waals surface area contributed by atoms with Crippen LogP contribution in [0.2, 0.25) is 5.02 Å². The predicted molar refractivity (Wildman–Crippen MR) is 91.6 cm³/mol. The minimum Gasteiger partial charge on any atom is -0.339 e. The molecule has 0 unspecified atom stereocenters. The fourth-order valence-corrected chi connectivity index (χ4v) is 5.07. The minimum absolute atomic E-state index is 0.0669. The predicted octanol–water partition coefficient (Wildman–Crippen LogP) is 2.90. The molecule has 7 heteroatoms. The third-order valence-corrected chi connectivity index (χ3v) is 6.65. The lowest BCUT2D eigenvalue weighted by Gasteiger charge is -2.29. The van der Waals surface area contributed by atoms with Crippen LogP contribution in [-0.2, 0) is 10.0 Å². The molecule has 2 saturated heterocycles. The first kappa shape index (κ1) is 16.6. The van der Waals surface area contributed by atoms with Gasteiger partial charge in [0, 0.05) is 19.6 Å². The number of anilines is 1. The van der Waals surface area contributed by atoms with E-state index in [0.29, 0.717) is 29.2 Å². The number of piperidine rings is 1. The van der Waals surface area contributed by atoms with Gasteiger partial charge in [-0.2, -0.15) is 0 Å². The number of likely N-dealkylation sites (tertiary alicyclic amines) is 1. The van der Waals surface area contributed by atoms with Crippen LogP contribution in [0.4, 0.5) is 5.69 Å². The Morgan fingerprint density at radius 2 is 1.70 bits per heavy atom. The molecule has 0 aromatic heterocycles. The summed E-state index contributed by atoms with van der Waals surface area (Å²) in [7, 11) is -3.27. The van der Waals surface area contributed by atoms with Crippen LogP contribution in [0.3, 0.4) is 0 Å². The summed E-state index contributed by atoms with van der Waals surface area (Å²) in [4.78, 5) is 14.4. The second-order valence-corrected chi connectivity index (χ2v) is 8.53. The molecule has 23 heavy (non-hydrogen) atoms. The Kier molecular flexibility index (Phi) is 4.82. The first-order chi connectivity index (χ1) is 11.0. The number of benzene rings is 1. The van der Waals surface area contributed by atoms with Gasteiger partial charge in [-0.1, -0.05) is 11.6 Å². The zero-order valence-electron chi connectivity index (χ0n) is 13.0. The average Bonchev–Trinajstić information content (AvgIpc) is 2.54. The van der Waals surface area contributed by atoms with Crippen molar-refractivity contribution in [3.63, 3.8) is 0 Å². The van der Waals surface area contributed by atoms with Crippen LogP contribution < -0.4 is 4.31 Å². The van der Waals surface area contributed by atoms with Gasteiger partial charge in [-0.3, -0.25) is 9.10 Å². The number of hydrogen-bond donors (Lipinski definition) is 0. The number of carbonyl (C=O) groups is 1. The summed E-state index contributed by atoms with van der Waals surface area (Å²) < 4.78 is 25.7. The molecular formula is C16H21ClN2O3S. The van der Waals surface area contributed by atoms with E-state index in [1.807, 2.05) is 4.90 Å². The summed E-state index contributed by atoms with van der Waals surface area (Å²) in [5, 5.41) is 0.318. The maximum Gasteiger partial charge on any atom is 0.255 e. The summed E-state index contributed by atoms with van der Waals surface area (Å²) >= 11 is 6.29. The SMILES string of the molecule is O=C(c1ccc(N2CCCCS2(=O)=O)cc1Cl)N1CCCCC1. The quantitative estimate of drug-likeness (QED) is 0.818. The Balaban J connectivity index is 1.84. The van der Waals surface area contributed by atoms with Crippen LogP contribution in [0.25, 0.3) is 0 Å². The van der Waals surface area contributed by atoms with Crippen LogP contribution in [0.15, 0.2) is 18.2 Å². The first-order valence-corrected chi connectivity index (χ1v) is 10.1. The third-order valence-electron chi connectivity index (χ3n) is 4.46. The number of sulfonamides is 1. The molecule has 0 atom stereocenters. The zero-order valence-corrected chi connectivity index (χ0v) is 14.6. The van der Waals surface area contributed by atoms with Crippen molar-refractivity contribution < 1.29 is 13.2 Å². The molecule has 126 valence electrons. The van der Waals surface area contributed by atoms with Crippen molar-refractivity contribution in [2.75, 3.05) is 29.7 Å². The highest BCUT2D eigenvalue weighted by Crippen LogP contribution is 2.29. The molecule has 3 rings (SSSR count). The van der Waals surface area contributed by atoms with E-state index in [9.17, 15) is 13.2 Å². The Labute approximate surface area is 142 Å². The van der Waals surface area contributed by atoms with Gasteiger partial charge < -0.3 is 4.90 Å². The molecule has 1 aromatic rings. The van der Waals surface area contributed by atoms with E-state index in [2.05, 4.69) is 0 Å². The van der Waals surface area contributed by atoms with Gasteiger partial charge in [-0.25, -0.2) is 8.42 Å². The topological polar surface area (TPSA) is 57.7 Å². The molecule has 5 nitrogen and oxygen atoms in total. The van der Waals surface area contributed by atoms with Crippen LogP contribution in [-0.4, -0.2) is 44.6 Å². The van der Waals surface area contributed by atoms with Gasteiger partial charge in [0.2, 0.25) is 10.0 Å². The maximum absolute atomic E-state index is 12.5. The molecule has 1 aromatic carbocycles. The number of halogens is 1. The van der Waals surface area contributed by atoms with Crippen molar-refractivity contribution in [3.05, 3.63) is 28.8 Å². The van der Waals surface area contributed by atoms with Crippen molar-refractivity contribution in [3.8, 4) is 0 Å². The highest BCUT2D eigenvalue weighted by atomic mass is 35.5. The Hall–Kier alpha value is -1.27. The van der Waals surface area contributed by atoms with Crippen LogP contribution >= 0.6 is 11.6 Å². The second-order valence-electron chi connectivity index (χ2n) is 6.11. The normalized spacial score (nSPS) is 21.3. The molecule has 0 radical (unpaired) electrons. The Morgan fingerprint density at radius 3 is 2.35 bits per heavy atom. The van der Waals surface area contributed by atoms with Gasteiger partial charge in [0.15, 0.2) is 0 Å². The molecule has 0 aliphatic carbocycles. The van der Waals surface area contributed by atoms with Crippen LogP contribution in [0.5, 0.6) is 0 Å². The van der Waals surface area contributed by atoms with E-state index in [1.165, 1.54) is 4.31 Å². The Bertz CT molecular complexity index is 699. The van der Waals surface area contributed by atoms with Crippen molar-refractivity contribution in [1.82, 2.24) is 4.90 Å². The minimum atomic E-state index is -3.27. The van der Waals surface area contributed by atoms with Crippen molar-refractivity contribution in [2.45, 2.75) is 32.1 Å². The highest BCUT2D eigenvalue weighted by molar-refractivity contribution is 7.92. The second kappa shape index (κ2) is 6.69. The van der Waals surface area contributed by atoms with Gasteiger partial charge in [-0.05, 0) is 50.3 Å². The standard InChI is InChI=1S/C16H21ClN2O3S/c17-15-12-13(19-10-4-5-11-23(19,21)22)6-7-14(15)16(20)18-8-2-1-3-9-18/h6-7,12H,1-5,8-11H2. The fourth-order valence-electron chi connectivity index (χ4n) is 3.18. The van der Waals surface area contributed by atoms with E-state index in [4.69, 9.17) is 11.6 Å². The summed E-state index contributed by atoms with van der Waals surface area (Å²) in [6, 6.07) is 4.94. The molecule has 0 N–H and O–H groups in total. The smallest absolute Gasteiger partial charge is 0.255 e. The van der Waals surface area contributed by atoms with Gasteiger partial charge >= 0.3 is 0 Å². The summed E-state index contributed by atoms with van der Waals surface area (Å²) in [6.45, 7) is 1.99. The molecular weight excluding hydrogens is 336 g/mol. The summed E-state index contributed by atoms with van der Waals surface area (Å²) in [5.74, 6) is 0.0989. The summed E-state index contributed by atoms with van der Waals surface area (Å²) in [6.07, 6.45) is 4.73. The molecule has 0 spiro atoms. The van der Waals surface area contributed by atoms with E-state index >= 15 is 0 Å². The lowest BCUT2D eigenvalue weighted by Crippen LogP contribution is -2.38. The van der Waals surface area contributed by atoms with Crippen LogP contribution in [0, 0.1) is 0 Å². The number of nitrogens with zero attached hydrogens (tertiary/aromatic N) is 2. The maximum atomic E-state index is 12.5. The Morgan fingerprint density at radius 1 is 1.00 bits per heavy atom. The molecule has 2 heterocycles. The molecule has 1 amide bonds. The highest BCUT2D eigenvalue weighted by Gasteiger charge is 2.27. The van der Waals surface area contributed by atoms with Gasteiger partial charge in [-0.15, -0.1) is 0 Å². The van der Waals surface area contributed by atoms with E-state index in [1.54, 1.807) is 18.2 Å². The molecule has 2 fully saturated rings. The monoisotopic (exact) mass is 356 g/mol. The lowest BCUT2D eigenvalue weighted by atomic mass is 10.1. The average molecular weight is 357 g/mol. The van der Waals surface area contributed by atoms with Gasteiger partial charge in [0.05, 0.1) is 22.0 Å². The zero-order chi connectivity index (χ0) is 16.4. The van der Waals surface area contributed by atoms with E-state index in [-0.39, 0.29) is 11.7 Å². The number of carbonyl (C=O) groups excluding carboxylic acids is 1. The lowest BCUT2D eigenvalue weighted by molar-refractivity contribution is 0.0724. The van der Waals surface area contributed by atoms with Gasteiger partial charge in [0.25, 0.3) is 5.91 Å². The van der Waals surface area contributed by atoms with E-state index in [0.717, 1.165) is 38.8 Å². The van der Waals surface area contributed by atoms with Crippen molar-refractivity contribution >= 4 is 33.2 Å². The number of hydrogen-bond acceptors (Lipinski definition) is 3. The first-order valence-electron chi connectivity index (χ1n) is 8.08. The van der Waals surface area contributed by atoms with E-state index < -0.39 is 10.0 Å². The molecule has 2 aliphatic heterocycles. The molecule has 0 saturated carbocycles. The van der Waals surface area contributed by atoms with Crippen molar-refractivity contribution in [1.29, 1.82) is 0 Å². The summed E-state index contributed by atoms with van der Waals surface area (Å²) in [5.41, 5.74) is 0.997. The van der Waals surface area contributed by atoms with Crippen LogP contribution in [0.1, 0.15) is 42.5 Å². The molecule has 0 bridgehead atoms. The largest absolute Gasteiger partial charge is 0.339 e. The molecule has 2 aliphatic rings. The number of rotatable bonds is 2. The van der Waals surface area contributed by atoms with Crippen molar-refractivity contribution in [2.24, 2.45) is 0 Å².